The Kier molecular flexibility index (Phi) is 8.32. The molecule has 0 bridgehead atoms. The van der Waals surface area contributed by atoms with Gasteiger partial charge in [-0.25, -0.2) is 9.37 Å². The number of hydrogen-bond donors (Lipinski definition) is 0. The molecular weight excluding hydrogens is 552 g/mol. The predicted octanol–water partition coefficient (Wildman–Crippen LogP) is 4.53. The van der Waals surface area contributed by atoms with Gasteiger partial charge in [-0.15, -0.1) is 0 Å². The minimum atomic E-state index is -4.51. The molecule has 2 saturated heterocycles. The number of alkyl halides is 3. The van der Waals surface area contributed by atoms with E-state index in [-0.39, 0.29) is 42.3 Å². The molecule has 5 rings (SSSR count). The summed E-state index contributed by atoms with van der Waals surface area (Å²) in [6, 6.07) is 7.56. The van der Waals surface area contributed by atoms with Gasteiger partial charge in [-0.3, -0.25) is 4.79 Å². The molecule has 2 aromatic rings. The Bertz CT molecular complexity index is 1410. The molecule has 0 unspecified atom stereocenters. The first kappa shape index (κ1) is 29.6. The fraction of sp³-hybridized carbons (Fsp3) is 0.500. The van der Waals surface area contributed by atoms with E-state index >= 15 is 0 Å². The number of rotatable bonds is 6. The molecule has 0 saturated carbocycles. The van der Waals surface area contributed by atoms with E-state index in [0.717, 1.165) is 31.0 Å². The number of halogens is 4. The molecular formula is C30H34F4N6O2. The van der Waals surface area contributed by atoms with Crippen LogP contribution in [-0.2, 0) is 23.9 Å². The van der Waals surface area contributed by atoms with Crippen LogP contribution in [0.25, 0.3) is 0 Å². The molecule has 1 amide bonds. The molecule has 42 heavy (non-hydrogen) atoms. The van der Waals surface area contributed by atoms with Gasteiger partial charge in [0.15, 0.2) is 5.83 Å². The maximum absolute atomic E-state index is 13.9. The van der Waals surface area contributed by atoms with Crippen LogP contribution >= 0.6 is 0 Å². The summed E-state index contributed by atoms with van der Waals surface area (Å²) in [5.74, 6) is -1.63. The number of carbonyl (C=O) groups excluding carboxylic acids is 1. The molecule has 4 heterocycles. The zero-order valence-corrected chi connectivity index (χ0v) is 23.8. The molecule has 8 nitrogen and oxygen atoms in total. The van der Waals surface area contributed by atoms with Crippen LogP contribution in [0.1, 0.15) is 42.1 Å². The highest BCUT2D eigenvalue weighted by Crippen LogP contribution is 2.41. The van der Waals surface area contributed by atoms with Crippen LogP contribution in [0.3, 0.4) is 0 Å². The molecule has 2 fully saturated rings. The van der Waals surface area contributed by atoms with Crippen molar-refractivity contribution < 1.29 is 27.1 Å². The highest BCUT2D eigenvalue weighted by molar-refractivity contribution is 5.91. The number of carbonyl (C=O) groups is 1. The first-order valence-electron chi connectivity index (χ1n) is 14.1. The van der Waals surface area contributed by atoms with Crippen molar-refractivity contribution in [2.24, 2.45) is 0 Å². The van der Waals surface area contributed by atoms with Gasteiger partial charge in [0.2, 0.25) is 5.88 Å². The van der Waals surface area contributed by atoms with Crippen LogP contribution in [0, 0.1) is 11.3 Å². The number of hydrogen-bond acceptors (Lipinski definition) is 7. The number of likely N-dealkylation sites (tertiary alicyclic amines) is 1. The van der Waals surface area contributed by atoms with Crippen LogP contribution in [0.5, 0.6) is 5.88 Å². The fourth-order valence-electron chi connectivity index (χ4n) is 6.27. The summed E-state index contributed by atoms with van der Waals surface area (Å²) in [6.07, 6.45) is -2.16. The third-order valence-electron chi connectivity index (χ3n) is 8.48. The second-order valence-corrected chi connectivity index (χ2v) is 11.2. The van der Waals surface area contributed by atoms with E-state index in [4.69, 9.17) is 9.72 Å². The molecule has 0 spiro atoms. The van der Waals surface area contributed by atoms with Crippen molar-refractivity contribution in [3.05, 3.63) is 59.1 Å². The van der Waals surface area contributed by atoms with Crippen LogP contribution < -0.4 is 14.5 Å². The Morgan fingerprint density at radius 1 is 1.19 bits per heavy atom. The summed E-state index contributed by atoms with van der Waals surface area (Å²) in [5.41, 5.74) is 1.57. The molecule has 12 heteroatoms. The lowest BCUT2D eigenvalue weighted by molar-refractivity contribution is -0.137. The van der Waals surface area contributed by atoms with Gasteiger partial charge in [-0.1, -0.05) is 18.7 Å². The second kappa shape index (κ2) is 11.8. The number of anilines is 2. The Balaban J connectivity index is 1.53. The lowest BCUT2D eigenvalue weighted by atomic mass is 9.96. The summed E-state index contributed by atoms with van der Waals surface area (Å²) in [7, 11) is 2.02. The number of aromatic nitrogens is 1. The lowest BCUT2D eigenvalue weighted by Crippen LogP contribution is -2.54. The van der Waals surface area contributed by atoms with Gasteiger partial charge < -0.3 is 24.3 Å². The number of likely N-dealkylation sites (N-methyl/N-ethyl adjacent to an activating group) is 1. The third kappa shape index (κ3) is 5.75. The number of benzene rings is 1. The monoisotopic (exact) mass is 586 g/mol. The maximum Gasteiger partial charge on any atom is 0.418 e. The standard InChI is InChI=1S/C30H34F4N6O2/c1-19-16-39(13-14-40(19)29(41)20(2)31)27-22-10-12-38(26-9-5-4-8-24(26)30(32,33)34)17-25(22)36-28(23(27)15-35)42-18-21-7-6-11-37(21)3/h4-5,8-9,19,21H,2,6-7,10-14,16-18H2,1,3H3/t19-,21+/m1/s1. The number of ether oxygens (including phenoxy) is 1. The molecule has 224 valence electrons. The first-order valence-corrected chi connectivity index (χ1v) is 14.1. The van der Waals surface area contributed by atoms with E-state index in [1.807, 2.05) is 11.9 Å². The van der Waals surface area contributed by atoms with E-state index in [1.165, 1.54) is 17.0 Å². The molecule has 1 aromatic heterocycles. The number of pyridine rings is 1. The van der Waals surface area contributed by atoms with E-state index in [0.29, 0.717) is 44.0 Å². The van der Waals surface area contributed by atoms with Gasteiger partial charge in [0.1, 0.15) is 18.2 Å². The van der Waals surface area contributed by atoms with Crippen molar-refractivity contribution in [3.63, 3.8) is 0 Å². The zero-order valence-electron chi connectivity index (χ0n) is 23.8. The Morgan fingerprint density at radius 3 is 2.60 bits per heavy atom. The van der Waals surface area contributed by atoms with Crippen LogP contribution in [0.2, 0.25) is 0 Å². The van der Waals surface area contributed by atoms with Crippen molar-refractivity contribution in [1.82, 2.24) is 14.8 Å². The molecule has 0 aliphatic carbocycles. The lowest BCUT2D eigenvalue weighted by Gasteiger charge is -2.42. The summed E-state index contributed by atoms with van der Waals surface area (Å²) in [5, 5.41) is 10.3. The zero-order chi connectivity index (χ0) is 30.2. The molecule has 1 aromatic carbocycles. The van der Waals surface area contributed by atoms with Crippen molar-refractivity contribution in [2.45, 2.75) is 51.0 Å². The van der Waals surface area contributed by atoms with Crippen LogP contribution in [0.4, 0.5) is 28.9 Å². The number of para-hydroxylation sites is 1. The number of nitrogens with zero attached hydrogens (tertiary/aromatic N) is 6. The van der Waals surface area contributed by atoms with Gasteiger partial charge >= 0.3 is 6.18 Å². The average molecular weight is 587 g/mol. The van der Waals surface area contributed by atoms with Crippen molar-refractivity contribution in [3.8, 4) is 11.9 Å². The SMILES string of the molecule is C=C(F)C(=O)N1CCN(c2c(C#N)c(OC[C@@H]3CCCN3C)nc3c2CCN(c2ccccc2C(F)(F)F)C3)C[C@H]1C. The molecule has 2 atom stereocenters. The molecule has 3 aliphatic rings. The second-order valence-electron chi connectivity index (χ2n) is 11.2. The highest BCUT2D eigenvalue weighted by Gasteiger charge is 2.38. The van der Waals surface area contributed by atoms with E-state index < -0.39 is 23.5 Å². The van der Waals surface area contributed by atoms with Gasteiger partial charge in [-0.05, 0) is 51.9 Å². The largest absolute Gasteiger partial charge is 0.475 e. The van der Waals surface area contributed by atoms with E-state index in [2.05, 4.69) is 17.5 Å². The smallest absolute Gasteiger partial charge is 0.418 e. The predicted molar refractivity (Wildman–Crippen MR) is 150 cm³/mol. The maximum atomic E-state index is 13.9. The van der Waals surface area contributed by atoms with Crippen molar-refractivity contribution in [1.29, 1.82) is 5.26 Å². The Labute approximate surface area is 242 Å². The molecule has 0 radical (unpaired) electrons. The van der Waals surface area contributed by atoms with Crippen LogP contribution in [-0.4, -0.2) is 79.2 Å². The van der Waals surface area contributed by atoms with Gasteiger partial charge in [0, 0.05) is 49.5 Å². The topological polar surface area (TPSA) is 75.9 Å². The van der Waals surface area contributed by atoms with E-state index in [9.17, 15) is 27.6 Å². The Hall–Kier alpha value is -3.85. The van der Waals surface area contributed by atoms with Gasteiger partial charge in [0.05, 0.1) is 23.5 Å². The number of fused-ring (bicyclic) bond motifs is 1. The van der Waals surface area contributed by atoms with Crippen molar-refractivity contribution in [2.75, 3.05) is 56.2 Å². The number of piperazine rings is 1. The summed E-state index contributed by atoms with van der Waals surface area (Å²) in [6.45, 7) is 7.49. The molecule has 0 N–H and O–H groups in total. The Morgan fingerprint density at radius 2 is 1.95 bits per heavy atom. The third-order valence-corrected chi connectivity index (χ3v) is 8.48. The normalized spacial score (nSPS) is 21.2. The van der Waals surface area contributed by atoms with Gasteiger partial charge in [0.25, 0.3) is 5.91 Å². The van der Waals surface area contributed by atoms with Crippen molar-refractivity contribution >= 4 is 17.3 Å². The van der Waals surface area contributed by atoms with Gasteiger partial charge in [-0.2, -0.15) is 18.4 Å². The fourth-order valence-corrected chi connectivity index (χ4v) is 6.27. The quantitative estimate of drug-likeness (QED) is 0.364. The number of nitriles is 1. The molecule has 3 aliphatic heterocycles. The number of amides is 1. The minimum Gasteiger partial charge on any atom is -0.475 e. The summed E-state index contributed by atoms with van der Waals surface area (Å²) in [4.78, 5) is 24.3. The summed E-state index contributed by atoms with van der Waals surface area (Å²) < 4.78 is 61.4. The average Bonchev–Trinajstić information content (AvgIpc) is 3.38. The minimum absolute atomic E-state index is 0.0746. The first-order chi connectivity index (χ1) is 20.0. The van der Waals surface area contributed by atoms with Crippen LogP contribution in [0.15, 0.2) is 36.7 Å². The highest BCUT2D eigenvalue weighted by atomic mass is 19.4. The summed E-state index contributed by atoms with van der Waals surface area (Å²) >= 11 is 0. The van der Waals surface area contributed by atoms with E-state index in [1.54, 1.807) is 17.9 Å².